The second-order valence-electron chi connectivity index (χ2n) is 6.75. The molecule has 3 aromatic rings. The van der Waals surface area contributed by atoms with Gasteiger partial charge in [0.25, 0.3) is 11.7 Å². The minimum Gasteiger partial charge on any atom is -0.507 e. The van der Waals surface area contributed by atoms with Gasteiger partial charge in [0.05, 0.1) is 18.9 Å². The Morgan fingerprint density at radius 1 is 1.07 bits per heavy atom. The van der Waals surface area contributed by atoms with E-state index in [9.17, 15) is 14.7 Å². The minimum absolute atomic E-state index is 0.0289. The predicted octanol–water partition coefficient (Wildman–Crippen LogP) is 4.22. The zero-order valence-corrected chi connectivity index (χ0v) is 16.0. The van der Waals surface area contributed by atoms with Crippen molar-refractivity contribution in [3.8, 4) is 5.75 Å². The van der Waals surface area contributed by atoms with E-state index >= 15 is 0 Å². The average molecular weight is 389 g/mol. The molecule has 0 saturated carbocycles. The first kappa shape index (κ1) is 18.6. The molecule has 1 atom stereocenters. The van der Waals surface area contributed by atoms with Crippen molar-refractivity contribution in [2.75, 3.05) is 12.0 Å². The van der Waals surface area contributed by atoms with Gasteiger partial charge in [0.15, 0.2) is 0 Å². The number of hydrogen-bond donors (Lipinski definition) is 1. The Morgan fingerprint density at radius 2 is 1.83 bits per heavy atom. The Morgan fingerprint density at radius 3 is 2.48 bits per heavy atom. The summed E-state index contributed by atoms with van der Waals surface area (Å²) in [6.07, 6.45) is 1.47. The molecule has 1 N–H and O–H groups in total. The van der Waals surface area contributed by atoms with Crippen LogP contribution in [0.3, 0.4) is 0 Å². The molecule has 29 heavy (non-hydrogen) atoms. The van der Waals surface area contributed by atoms with Crippen molar-refractivity contribution in [3.05, 3.63) is 89.4 Å². The Bertz CT molecular complexity index is 1100. The van der Waals surface area contributed by atoms with Gasteiger partial charge in [-0.15, -0.1) is 0 Å². The number of rotatable bonds is 4. The van der Waals surface area contributed by atoms with Gasteiger partial charge in [0, 0.05) is 11.3 Å². The third-order valence-electron chi connectivity index (χ3n) is 4.91. The van der Waals surface area contributed by atoms with Crippen LogP contribution in [0.4, 0.5) is 5.69 Å². The molecule has 1 fully saturated rings. The van der Waals surface area contributed by atoms with Crippen molar-refractivity contribution in [3.63, 3.8) is 0 Å². The molecular formula is C23H19NO5. The molecule has 1 aromatic heterocycles. The molecule has 1 aliphatic rings. The van der Waals surface area contributed by atoms with Gasteiger partial charge in [-0.3, -0.25) is 14.5 Å². The van der Waals surface area contributed by atoms with Crippen molar-refractivity contribution in [1.29, 1.82) is 0 Å². The van der Waals surface area contributed by atoms with Crippen LogP contribution in [0, 0.1) is 6.92 Å². The summed E-state index contributed by atoms with van der Waals surface area (Å²) >= 11 is 0. The molecule has 0 spiro atoms. The highest BCUT2D eigenvalue weighted by molar-refractivity contribution is 6.51. The molecule has 0 bridgehead atoms. The van der Waals surface area contributed by atoms with Gasteiger partial charge in [0.2, 0.25) is 0 Å². The van der Waals surface area contributed by atoms with Crippen LogP contribution in [-0.4, -0.2) is 23.9 Å². The number of ether oxygens (including phenoxy) is 1. The van der Waals surface area contributed by atoms with Gasteiger partial charge in [-0.05, 0) is 43.3 Å². The zero-order valence-electron chi connectivity index (χ0n) is 16.0. The Kier molecular flexibility index (Phi) is 4.68. The lowest BCUT2D eigenvalue weighted by Crippen LogP contribution is -2.29. The smallest absolute Gasteiger partial charge is 0.300 e. The van der Waals surface area contributed by atoms with E-state index in [-0.39, 0.29) is 11.3 Å². The van der Waals surface area contributed by atoms with Crippen LogP contribution < -0.4 is 9.64 Å². The molecule has 2 aromatic carbocycles. The van der Waals surface area contributed by atoms with Crippen molar-refractivity contribution >= 4 is 23.1 Å². The topological polar surface area (TPSA) is 80.0 Å². The number of hydrogen-bond acceptors (Lipinski definition) is 5. The molecule has 0 aliphatic carbocycles. The molecule has 146 valence electrons. The largest absolute Gasteiger partial charge is 0.507 e. The maximum absolute atomic E-state index is 12.9. The van der Waals surface area contributed by atoms with Crippen LogP contribution in [0.25, 0.3) is 5.76 Å². The van der Waals surface area contributed by atoms with Crippen LogP contribution in [0.1, 0.15) is 22.9 Å². The molecular weight excluding hydrogens is 370 g/mol. The highest BCUT2D eigenvalue weighted by Crippen LogP contribution is 2.42. The van der Waals surface area contributed by atoms with Crippen LogP contribution in [0.2, 0.25) is 0 Å². The molecule has 2 heterocycles. The minimum atomic E-state index is -0.876. The van der Waals surface area contributed by atoms with E-state index in [0.717, 1.165) is 5.56 Å². The summed E-state index contributed by atoms with van der Waals surface area (Å²) in [4.78, 5) is 27.2. The average Bonchev–Trinajstić information content (AvgIpc) is 3.36. The van der Waals surface area contributed by atoms with E-state index in [2.05, 4.69) is 0 Å². The quantitative estimate of drug-likeness (QED) is 0.410. The summed E-state index contributed by atoms with van der Waals surface area (Å²) < 4.78 is 10.7. The Hall–Kier alpha value is -3.80. The van der Waals surface area contributed by atoms with E-state index in [1.54, 1.807) is 48.5 Å². The number of aryl methyl sites for hydroxylation is 1. The number of ketones is 1. The van der Waals surface area contributed by atoms with E-state index in [1.165, 1.54) is 18.3 Å². The number of aliphatic hydroxyl groups is 1. The van der Waals surface area contributed by atoms with Gasteiger partial charge in [0.1, 0.15) is 23.3 Å². The van der Waals surface area contributed by atoms with E-state index in [4.69, 9.17) is 9.15 Å². The van der Waals surface area contributed by atoms with Gasteiger partial charge < -0.3 is 14.3 Å². The first-order chi connectivity index (χ1) is 14.0. The monoisotopic (exact) mass is 389 g/mol. The standard InChI is InChI=1S/C23H19NO5/c1-14-8-10-16(11-9-14)24-20(18-7-4-12-29-18)19(22(26)23(24)27)21(25)15-5-3-6-17(13-15)28-2/h3-13,20,25H,1-2H3/b21-19-. The van der Waals surface area contributed by atoms with Gasteiger partial charge in [-0.25, -0.2) is 0 Å². The lowest BCUT2D eigenvalue weighted by molar-refractivity contribution is -0.132. The summed E-state index contributed by atoms with van der Waals surface area (Å²) in [6.45, 7) is 1.94. The first-order valence-corrected chi connectivity index (χ1v) is 9.06. The number of furan rings is 1. The summed E-state index contributed by atoms with van der Waals surface area (Å²) in [5.74, 6) is -0.865. The van der Waals surface area contributed by atoms with E-state index < -0.39 is 17.7 Å². The lowest BCUT2D eigenvalue weighted by atomic mass is 9.99. The first-order valence-electron chi connectivity index (χ1n) is 9.06. The summed E-state index contributed by atoms with van der Waals surface area (Å²) in [5, 5.41) is 11.0. The Balaban J connectivity index is 1.91. The number of anilines is 1. The third kappa shape index (κ3) is 3.18. The normalized spacial score (nSPS) is 18.3. The fourth-order valence-corrected chi connectivity index (χ4v) is 3.45. The highest BCUT2D eigenvalue weighted by Gasteiger charge is 2.48. The maximum Gasteiger partial charge on any atom is 0.300 e. The third-order valence-corrected chi connectivity index (χ3v) is 4.91. The van der Waals surface area contributed by atoms with Crippen molar-refractivity contribution < 1.29 is 23.8 Å². The van der Waals surface area contributed by atoms with Gasteiger partial charge >= 0.3 is 0 Å². The number of aliphatic hydroxyl groups excluding tert-OH is 1. The van der Waals surface area contributed by atoms with Crippen molar-refractivity contribution in [2.24, 2.45) is 0 Å². The molecule has 1 saturated heterocycles. The second kappa shape index (κ2) is 7.31. The van der Waals surface area contributed by atoms with Crippen LogP contribution >= 0.6 is 0 Å². The van der Waals surface area contributed by atoms with Gasteiger partial charge in [-0.1, -0.05) is 29.8 Å². The second-order valence-corrected chi connectivity index (χ2v) is 6.75. The van der Waals surface area contributed by atoms with Crippen molar-refractivity contribution in [2.45, 2.75) is 13.0 Å². The van der Waals surface area contributed by atoms with Crippen LogP contribution in [0.5, 0.6) is 5.75 Å². The molecule has 1 unspecified atom stereocenters. The van der Waals surface area contributed by atoms with Crippen molar-refractivity contribution in [1.82, 2.24) is 0 Å². The summed E-state index contributed by atoms with van der Waals surface area (Å²) in [7, 11) is 1.51. The molecule has 1 aliphatic heterocycles. The molecule has 4 rings (SSSR count). The maximum atomic E-state index is 12.9. The van der Waals surface area contributed by atoms with Gasteiger partial charge in [-0.2, -0.15) is 0 Å². The number of Topliss-reactive ketones (excluding diaryl/α,β-unsaturated/α-hetero) is 1. The van der Waals surface area contributed by atoms with E-state index in [0.29, 0.717) is 22.8 Å². The van der Waals surface area contributed by atoms with Crippen LogP contribution in [0.15, 0.2) is 76.9 Å². The number of benzene rings is 2. The number of carbonyl (C=O) groups excluding carboxylic acids is 2. The molecule has 6 heteroatoms. The predicted molar refractivity (Wildman–Crippen MR) is 108 cm³/mol. The SMILES string of the molecule is COc1cccc(/C(O)=C2/C(=O)C(=O)N(c3ccc(C)cc3)C2c2ccco2)c1. The zero-order chi connectivity index (χ0) is 20.5. The number of amides is 1. The lowest BCUT2D eigenvalue weighted by Gasteiger charge is -2.23. The van der Waals surface area contributed by atoms with E-state index in [1.807, 2.05) is 19.1 Å². The Labute approximate surface area is 167 Å². The molecule has 0 radical (unpaired) electrons. The molecule has 6 nitrogen and oxygen atoms in total. The fraction of sp³-hybridized carbons (Fsp3) is 0.130. The molecule has 1 amide bonds. The number of nitrogens with zero attached hydrogens (tertiary/aromatic N) is 1. The highest BCUT2D eigenvalue weighted by atomic mass is 16.5. The summed E-state index contributed by atoms with van der Waals surface area (Å²) in [5.41, 5.74) is 1.92. The number of methoxy groups -OCH3 is 1. The summed E-state index contributed by atoms with van der Waals surface area (Å²) in [6, 6.07) is 16.4. The number of carbonyl (C=O) groups is 2. The van der Waals surface area contributed by atoms with Crippen LogP contribution in [-0.2, 0) is 9.59 Å². The fourth-order valence-electron chi connectivity index (χ4n) is 3.45.